The van der Waals surface area contributed by atoms with Crippen molar-refractivity contribution in [2.24, 2.45) is 4.99 Å². The van der Waals surface area contributed by atoms with Gasteiger partial charge in [-0.05, 0) is 142 Å². The van der Waals surface area contributed by atoms with Gasteiger partial charge in [0.2, 0.25) is 0 Å². The molecule has 1 aliphatic carbocycles. The molecule has 8 rings (SSSR count). The number of amides is 4. The lowest BCUT2D eigenvalue weighted by molar-refractivity contribution is 0.261. The molecule has 0 saturated heterocycles. The van der Waals surface area contributed by atoms with Gasteiger partial charge in [-0.3, -0.25) is 13.7 Å². The van der Waals surface area contributed by atoms with Crippen LogP contribution in [0.4, 0.5) is 49.4 Å². The molecule has 2 aliphatic rings. The fraction of sp³-hybridized carbons (Fsp3) is 0.135. The summed E-state index contributed by atoms with van der Waals surface area (Å²) >= 11 is 0. The predicted octanol–water partition coefficient (Wildman–Crippen LogP) is 10.9. The number of carbonyl (C=O) groups is 2. The van der Waals surface area contributed by atoms with Crippen molar-refractivity contribution in [1.29, 1.82) is 0 Å². The van der Waals surface area contributed by atoms with Gasteiger partial charge in [0.1, 0.15) is 21.1 Å². The normalized spacial score (nSPS) is 12.2. The number of hydrogen-bond donors (Lipinski definition) is 9. The maximum absolute atomic E-state index is 13.4. The lowest BCUT2D eigenvalue weighted by Crippen LogP contribution is -2.21. The van der Waals surface area contributed by atoms with Crippen molar-refractivity contribution < 1.29 is 54.3 Å². The van der Waals surface area contributed by atoms with E-state index in [4.69, 9.17) is 9.41 Å². The fourth-order valence-corrected chi connectivity index (χ4v) is 10.8. The quantitative estimate of drug-likeness (QED) is 0.0331. The molecule has 6 aromatic carbocycles. The summed E-state index contributed by atoms with van der Waals surface area (Å²) in [6.45, 7) is 12.6. The Balaban J connectivity index is 1.27. The molecule has 1 aliphatic heterocycles. The summed E-state index contributed by atoms with van der Waals surface area (Å²) in [5.41, 5.74) is 8.09. The lowest BCUT2D eigenvalue weighted by Gasteiger charge is -2.21. The summed E-state index contributed by atoms with van der Waals surface area (Å²) in [5, 5.41) is 14.3. The first-order valence-corrected chi connectivity index (χ1v) is 26.8. The summed E-state index contributed by atoms with van der Waals surface area (Å²) in [4.78, 5) is 49.4. The average Bonchev–Trinajstić information content (AvgIpc) is 3.30. The Hall–Kier alpha value is -7.68. The van der Waals surface area contributed by atoms with Crippen molar-refractivity contribution in [3.05, 3.63) is 160 Å². The van der Waals surface area contributed by atoms with Gasteiger partial charge in [0.05, 0.1) is 27.7 Å². The van der Waals surface area contributed by atoms with Crippen LogP contribution in [-0.2, 0) is 24.8 Å². The maximum Gasteiger partial charge on any atom is 0.356 e. The van der Waals surface area contributed by atoms with Crippen LogP contribution in [-0.4, -0.2) is 47.8 Å². The van der Waals surface area contributed by atoms with E-state index in [1.165, 1.54) is 42.5 Å². The summed E-state index contributed by atoms with van der Waals surface area (Å²) in [6, 6.07) is 27.9. The average molecular weight is 1050 g/mol. The number of nitrogens with one attached hydrogen (secondary N) is 5. The molecule has 18 nitrogen and oxygen atoms in total. The number of aryl methyl sites for hydroxylation is 5. The third-order valence-corrected chi connectivity index (χ3v) is 14.9. The molecule has 1 heterocycles. The van der Waals surface area contributed by atoms with Crippen molar-refractivity contribution in [2.75, 3.05) is 26.6 Å². The molecule has 0 unspecified atom stereocenters. The first kappa shape index (κ1) is 51.7. The minimum atomic E-state index is -5.11. The molecule has 21 heteroatoms. The zero-order valence-electron chi connectivity index (χ0n) is 40.2. The highest BCUT2D eigenvalue weighted by molar-refractivity contribution is 7.86. The van der Waals surface area contributed by atoms with Crippen LogP contribution in [0.25, 0.3) is 33.4 Å². The van der Waals surface area contributed by atoms with Gasteiger partial charge in [0, 0.05) is 57.0 Å². The minimum absolute atomic E-state index is 0.0116. The SMILES string of the molecule is Cc1cccc(NC(=O)Nc2c(C)cc(C)c(Nc3ccc4c(-c5ccccc5S(=O)(=O)O)c5cc(S(=O)(=O)O)/c(=N\c6c(C)cc(C)c(NC(=O)Nc7cccc(P(=O)(O)O)c7)c6C)cc-5oc4c3)c2C)c1. The van der Waals surface area contributed by atoms with E-state index in [-0.39, 0.29) is 55.8 Å². The number of nitrogens with zero attached hydrogens (tertiary/aromatic N) is 1. The van der Waals surface area contributed by atoms with Gasteiger partial charge < -0.3 is 40.8 Å². The molecule has 0 spiro atoms. The molecular weight excluding hydrogens is 996 g/mol. The van der Waals surface area contributed by atoms with Crippen molar-refractivity contribution >= 4 is 96.0 Å². The van der Waals surface area contributed by atoms with Crippen LogP contribution in [0, 0.1) is 48.5 Å². The van der Waals surface area contributed by atoms with Gasteiger partial charge in [0.15, 0.2) is 0 Å². The Labute approximate surface area is 420 Å². The van der Waals surface area contributed by atoms with Crippen LogP contribution in [0.5, 0.6) is 0 Å². The molecule has 376 valence electrons. The van der Waals surface area contributed by atoms with Gasteiger partial charge in [-0.15, -0.1) is 0 Å². The van der Waals surface area contributed by atoms with E-state index in [9.17, 15) is 49.9 Å². The summed E-state index contributed by atoms with van der Waals surface area (Å²) < 4.78 is 92.3. The molecule has 9 N–H and O–H groups in total. The van der Waals surface area contributed by atoms with Crippen LogP contribution >= 0.6 is 7.60 Å². The van der Waals surface area contributed by atoms with E-state index >= 15 is 0 Å². The summed E-state index contributed by atoms with van der Waals surface area (Å²) in [6.07, 6.45) is 0. The Bertz CT molecular complexity index is 3930. The van der Waals surface area contributed by atoms with E-state index < -0.39 is 49.7 Å². The van der Waals surface area contributed by atoms with Crippen LogP contribution in [0.2, 0.25) is 0 Å². The van der Waals surface area contributed by atoms with Crippen LogP contribution in [0.15, 0.2) is 134 Å². The van der Waals surface area contributed by atoms with Crippen LogP contribution in [0.1, 0.15) is 38.9 Å². The van der Waals surface area contributed by atoms with Crippen molar-refractivity contribution in [1.82, 2.24) is 0 Å². The second-order valence-electron chi connectivity index (χ2n) is 17.6. The number of carbonyl (C=O) groups excluding carboxylic acids is 2. The lowest BCUT2D eigenvalue weighted by atomic mass is 9.93. The molecule has 0 bridgehead atoms. The molecule has 4 amide bonds. The number of hydrogen-bond acceptors (Lipinski definition) is 10. The zero-order valence-corrected chi connectivity index (χ0v) is 42.8. The highest BCUT2D eigenvalue weighted by Crippen LogP contribution is 2.45. The number of fused-ring (bicyclic) bond motifs is 2. The van der Waals surface area contributed by atoms with E-state index in [1.54, 1.807) is 57.2 Å². The largest absolute Gasteiger partial charge is 0.456 e. The Morgan fingerprint density at radius 2 is 1.15 bits per heavy atom. The fourth-order valence-electron chi connectivity index (χ4n) is 8.88. The number of anilines is 6. The highest BCUT2D eigenvalue weighted by atomic mass is 32.2. The highest BCUT2D eigenvalue weighted by Gasteiger charge is 2.28. The predicted molar refractivity (Wildman–Crippen MR) is 282 cm³/mol. The molecule has 73 heavy (non-hydrogen) atoms. The number of urea groups is 2. The van der Waals surface area contributed by atoms with Gasteiger partial charge >= 0.3 is 19.7 Å². The van der Waals surface area contributed by atoms with E-state index in [2.05, 4.69) is 26.6 Å². The van der Waals surface area contributed by atoms with E-state index in [1.807, 2.05) is 52.0 Å². The zero-order chi connectivity index (χ0) is 52.9. The molecule has 6 aromatic rings. The minimum Gasteiger partial charge on any atom is -0.456 e. The molecule has 0 aromatic heterocycles. The van der Waals surface area contributed by atoms with Gasteiger partial charge in [-0.25, -0.2) is 14.6 Å². The van der Waals surface area contributed by atoms with Gasteiger partial charge in [-0.1, -0.05) is 48.5 Å². The summed E-state index contributed by atoms with van der Waals surface area (Å²) in [7, 11) is -14.6. The topological polar surface area (TPSA) is 286 Å². The molecule has 0 atom stereocenters. The van der Waals surface area contributed by atoms with Crippen molar-refractivity contribution in [3.8, 4) is 22.5 Å². The number of benzene rings is 7. The van der Waals surface area contributed by atoms with E-state index in [0.29, 0.717) is 50.4 Å². The number of rotatable bonds is 11. The molecular formula is C52H49N6O12PS2. The maximum atomic E-state index is 13.4. The smallest absolute Gasteiger partial charge is 0.356 e. The standard InChI is InChI=1S/C52H49N6O12PS2/c1-27-12-10-13-34(20-27)54-51(59)57-49-30(4)21-28(2)47(32(49)6)53-36-18-19-38-42(24-36)70-43-26-41(45(73(67,68)69)25-40(43)46(38)39-16-8-9-17-44(39)72(64,65)66)56-48-29(3)22-31(5)50(33(48)7)58-52(60)55-35-14-11-15-37(23-35)71(61,62)63/h8-26,53H,1-7H3,(H2,54,57,59)(H2,55,58,60)(H2,61,62,63)(H,64,65,66)(H,67,68,69)/b56-41-. The van der Waals surface area contributed by atoms with E-state index in [0.717, 1.165) is 28.8 Å². The third-order valence-electron chi connectivity index (χ3n) is 12.1. The van der Waals surface area contributed by atoms with Crippen LogP contribution < -0.4 is 37.2 Å². The Morgan fingerprint density at radius 3 is 1.78 bits per heavy atom. The van der Waals surface area contributed by atoms with Crippen molar-refractivity contribution in [2.45, 2.75) is 58.3 Å². The third kappa shape index (κ3) is 11.1. The second kappa shape index (κ2) is 19.7. The Kier molecular flexibility index (Phi) is 14.0. The van der Waals surface area contributed by atoms with Gasteiger partial charge in [0.25, 0.3) is 20.2 Å². The van der Waals surface area contributed by atoms with Gasteiger partial charge in [-0.2, -0.15) is 16.8 Å². The molecule has 0 saturated carbocycles. The second-order valence-corrected chi connectivity index (χ2v) is 21.9. The van der Waals surface area contributed by atoms with Crippen molar-refractivity contribution in [3.63, 3.8) is 0 Å². The first-order chi connectivity index (χ1) is 34.3. The molecule has 0 radical (unpaired) electrons. The summed E-state index contributed by atoms with van der Waals surface area (Å²) in [5.74, 6) is -0.0116. The first-order valence-electron chi connectivity index (χ1n) is 22.3. The molecule has 0 fully saturated rings. The Morgan fingerprint density at radius 1 is 0.562 bits per heavy atom. The van der Waals surface area contributed by atoms with Crippen LogP contribution in [0.3, 0.4) is 0 Å². The monoisotopic (exact) mass is 1040 g/mol.